The average Bonchev–Trinajstić information content (AvgIpc) is 2.56. The van der Waals surface area contributed by atoms with Crippen molar-refractivity contribution in [3.05, 3.63) is 0 Å². The van der Waals surface area contributed by atoms with Crippen LogP contribution in [0.5, 0.6) is 0 Å². The van der Waals surface area contributed by atoms with Gasteiger partial charge in [0.05, 0.1) is 79.3 Å². The Kier molecular flexibility index (Phi) is 19.5. The molecule has 1 atom stereocenters. The highest BCUT2D eigenvalue weighted by atomic mass is 16.6. The zero-order valence-corrected chi connectivity index (χ0v) is 14.1. The molecule has 0 aliphatic heterocycles. The number of hydrogen-bond acceptors (Lipinski definition) is 8. The third kappa shape index (κ3) is 17.9. The fourth-order valence-corrected chi connectivity index (χ4v) is 1.56. The maximum absolute atomic E-state index is 8.72. The van der Waals surface area contributed by atoms with Crippen molar-refractivity contribution in [2.24, 2.45) is 0 Å². The Morgan fingerprint density at radius 1 is 0.609 bits per heavy atom. The van der Waals surface area contributed by atoms with Crippen molar-refractivity contribution >= 4 is 0 Å². The zero-order chi connectivity index (χ0) is 17.0. The van der Waals surface area contributed by atoms with Crippen LogP contribution in [0.15, 0.2) is 0 Å². The third-order valence-corrected chi connectivity index (χ3v) is 2.61. The highest BCUT2D eigenvalue weighted by molar-refractivity contribution is 4.56. The van der Waals surface area contributed by atoms with Gasteiger partial charge in [-0.2, -0.15) is 0 Å². The van der Waals surface area contributed by atoms with Crippen molar-refractivity contribution in [1.82, 2.24) is 0 Å². The minimum absolute atomic E-state index is 0.00452. The molecule has 140 valence electrons. The summed E-state index contributed by atoms with van der Waals surface area (Å²) in [5, 5.41) is 17.3. The Labute approximate surface area is 138 Å². The van der Waals surface area contributed by atoms with Crippen molar-refractivity contribution in [1.29, 1.82) is 0 Å². The average molecular weight is 340 g/mol. The largest absolute Gasteiger partial charge is 0.394 e. The van der Waals surface area contributed by atoms with Gasteiger partial charge in [0, 0.05) is 6.61 Å². The van der Waals surface area contributed by atoms with Crippen LogP contribution in [-0.2, 0) is 28.4 Å². The van der Waals surface area contributed by atoms with Gasteiger partial charge in [0.2, 0.25) is 0 Å². The van der Waals surface area contributed by atoms with Crippen LogP contribution in [0.3, 0.4) is 0 Å². The van der Waals surface area contributed by atoms with Crippen LogP contribution < -0.4 is 0 Å². The van der Waals surface area contributed by atoms with Gasteiger partial charge < -0.3 is 38.6 Å². The van der Waals surface area contributed by atoms with Crippen LogP contribution in [0.1, 0.15) is 6.92 Å². The second-order valence-electron chi connectivity index (χ2n) is 4.51. The van der Waals surface area contributed by atoms with E-state index in [1.165, 1.54) is 0 Å². The molecule has 0 aromatic heterocycles. The molecule has 0 aromatic carbocycles. The summed E-state index contributed by atoms with van der Waals surface area (Å²) in [5.74, 6) is 0. The van der Waals surface area contributed by atoms with Crippen molar-refractivity contribution < 1.29 is 38.6 Å². The molecule has 0 spiro atoms. The second-order valence-corrected chi connectivity index (χ2v) is 4.51. The molecule has 0 saturated carbocycles. The van der Waals surface area contributed by atoms with Crippen LogP contribution in [0.4, 0.5) is 0 Å². The zero-order valence-electron chi connectivity index (χ0n) is 14.1. The lowest BCUT2D eigenvalue weighted by atomic mass is 10.4. The monoisotopic (exact) mass is 340 g/mol. The Bertz CT molecular complexity index is 218. The highest BCUT2D eigenvalue weighted by Gasteiger charge is 2.10. The Balaban J connectivity index is 3.61. The predicted molar refractivity (Wildman–Crippen MR) is 83.7 cm³/mol. The molecule has 0 saturated heterocycles. The minimum Gasteiger partial charge on any atom is -0.394 e. The second kappa shape index (κ2) is 19.7. The standard InChI is InChI=1S/C15H32O8/c1-2-18-7-8-20-9-10-22-14-15(13-21-6-4-17)23-12-11-19-5-3-16/h15-17H,2-14H2,1H3. The molecule has 1 unspecified atom stereocenters. The molecule has 8 heteroatoms. The van der Waals surface area contributed by atoms with Gasteiger partial charge in [0.25, 0.3) is 0 Å². The Morgan fingerprint density at radius 3 is 1.74 bits per heavy atom. The van der Waals surface area contributed by atoms with E-state index in [1.807, 2.05) is 6.92 Å². The molecule has 8 nitrogen and oxygen atoms in total. The molecule has 0 heterocycles. The number of aliphatic hydroxyl groups is 2. The molecule has 0 bridgehead atoms. The summed E-state index contributed by atoms with van der Waals surface area (Å²) in [6, 6.07) is 0. The molecule has 0 radical (unpaired) electrons. The number of ether oxygens (including phenoxy) is 6. The number of hydrogen-bond donors (Lipinski definition) is 2. The van der Waals surface area contributed by atoms with Gasteiger partial charge in [-0.15, -0.1) is 0 Å². The van der Waals surface area contributed by atoms with E-state index < -0.39 is 0 Å². The predicted octanol–water partition coefficient (Wildman–Crippen LogP) is -0.541. The van der Waals surface area contributed by atoms with Gasteiger partial charge >= 0.3 is 0 Å². The molecular formula is C15H32O8. The fourth-order valence-electron chi connectivity index (χ4n) is 1.56. The summed E-state index contributed by atoms with van der Waals surface area (Å²) in [4.78, 5) is 0. The van der Waals surface area contributed by atoms with E-state index in [0.29, 0.717) is 66.1 Å². The molecular weight excluding hydrogens is 308 g/mol. The van der Waals surface area contributed by atoms with E-state index in [0.717, 1.165) is 0 Å². The van der Waals surface area contributed by atoms with Gasteiger partial charge in [-0.05, 0) is 6.92 Å². The summed E-state index contributed by atoms with van der Waals surface area (Å²) < 4.78 is 32.0. The summed E-state index contributed by atoms with van der Waals surface area (Å²) in [6.45, 7) is 6.77. The summed E-state index contributed by atoms with van der Waals surface area (Å²) >= 11 is 0. The first kappa shape index (κ1) is 22.7. The highest BCUT2D eigenvalue weighted by Crippen LogP contribution is 1.96. The summed E-state index contributed by atoms with van der Waals surface area (Å²) in [6.07, 6.45) is -0.234. The van der Waals surface area contributed by atoms with Crippen molar-refractivity contribution in [3.8, 4) is 0 Å². The third-order valence-electron chi connectivity index (χ3n) is 2.61. The van der Waals surface area contributed by atoms with E-state index in [-0.39, 0.29) is 25.9 Å². The maximum Gasteiger partial charge on any atom is 0.104 e. The van der Waals surface area contributed by atoms with E-state index in [4.69, 9.17) is 38.6 Å². The van der Waals surface area contributed by atoms with Crippen LogP contribution in [0, 0.1) is 0 Å². The number of rotatable bonds is 19. The molecule has 0 aromatic rings. The van der Waals surface area contributed by atoms with Crippen LogP contribution in [0.25, 0.3) is 0 Å². The van der Waals surface area contributed by atoms with Gasteiger partial charge in [-0.3, -0.25) is 0 Å². The maximum atomic E-state index is 8.72. The van der Waals surface area contributed by atoms with E-state index in [1.54, 1.807) is 0 Å². The van der Waals surface area contributed by atoms with Gasteiger partial charge in [0.1, 0.15) is 6.10 Å². The molecule has 2 N–H and O–H groups in total. The Morgan fingerprint density at radius 2 is 1.09 bits per heavy atom. The summed E-state index contributed by atoms with van der Waals surface area (Å²) in [5.41, 5.74) is 0. The lowest BCUT2D eigenvalue weighted by Gasteiger charge is -2.18. The quantitative estimate of drug-likeness (QED) is 0.303. The number of aliphatic hydroxyl groups excluding tert-OH is 2. The summed E-state index contributed by atoms with van der Waals surface area (Å²) in [7, 11) is 0. The van der Waals surface area contributed by atoms with Crippen molar-refractivity contribution in [3.63, 3.8) is 0 Å². The molecule has 23 heavy (non-hydrogen) atoms. The van der Waals surface area contributed by atoms with E-state index in [9.17, 15) is 0 Å². The lowest BCUT2D eigenvalue weighted by molar-refractivity contribution is -0.0829. The van der Waals surface area contributed by atoms with Gasteiger partial charge in [-0.25, -0.2) is 0 Å². The molecule has 0 rings (SSSR count). The topological polar surface area (TPSA) is 95.8 Å². The van der Waals surface area contributed by atoms with Gasteiger partial charge in [0.15, 0.2) is 0 Å². The first-order valence-electron chi connectivity index (χ1n) is 8.07. The van der Waals surface area contributed by atoms with Crippen LogP contribution >= 0.6 is 0 Å². The Hall–Kier alpha value is -0.320. The molecule has 0 aliphatic carbocycles. The first-order valence-corrected chi connectivity index (χ1v) is 8.07. The normalized spacial score (nSPS) is 12.7. The van der Waals surface area contributed by atoms with Crippen molar-refractivity contribution in [2.45, 2.75) is 13.0 Å². The SMILES string of the molecule is CCOCCOCCOCC(COCCO)OCCOCCO. The lowest BCUT2D eigenvalue weighted by Crippen LogP contribution is -2.28. The van der Waals surface area contributed by atoms with Gasteiger partial charge in [-0.1, -0.05) is 0 Å². The molecule has 0 aliphatic rings. The minimum atomic E-state index is -0.234. The fraction of sp³-hybridized carbons (Fsp3) is 1.00. The van der Waals surface area contributed by atoms with Crippen molar-refractivity contribution in [2.75, 3.05) is 85.9 Å². The smallest absolute Gasteiger partial charge is 0.104 e. The van der Waals surface area contributed by atoms with Crippen LogP contribution in [0.2, 0.25) is 0 Å². The van der Waals surface area contributed by atoms with E-state index in [2.05, 4.69) is 0 Å². The van der Waals surface area contributed by atoms with Crippen LogP contribution in [-0.4, -0.2) is 102 Å². The van der Waals surface area contributed by atoms with E-state index >= 15 is 0 Å². The molecule has 0 amide bonds. The molecule has 0 fully saturated rings. The first-order chi connectivity index (χ1) is 11.3.